The van der Waals surface area contributed by atoms with E-state index in [1.54, 1.807) is 14.0 Å². The Kier molecular flexibility index (Phi) is 5.77. The molecule has 4 aromatic rings. The Bertz CT molecular complexity index is 1380. The lowest BCUT2D eigenvalue weighted by atomic mass is 10.1. The molecule has 1 saturated carbocycles. The van der Waals surface area contributed by atoms with E-state index >= 15 is 0 Å². The van der Waals surface area contributed by atoms with Crippen molar-refractivity contribution in [2.45, 2.75) is 31.3 Å². The maximum atomic E-state index is 12.5. The maximum Gasteiger partial charge on any atom is 0.413 e. The summed E-state index contributed by atoms with van der Waals surface area (Å²) in [7, 11) is 1.68. The van der Waals surface area contributed by atoms with E-state index in [-0.39, 0.29) is 0 Å². The second-order valence-corrected chi connectivity index (χ2v) is 9.35. The molecule has 10 nitrogen and oxygen atoms in total. The zero-order chi connectivity index (χ0) is 24.6. The molecule has 2 aromatic heterocycles. The Hall–Kier alpha value is -4.12. The SMILES string of the molecule is C[C@@H](OC(=O)Nc1c(-c2ccc(-c3nnc(C4(C(=O)O)CC4)s3)cc2)nnn1C)c1ccccc1. The van der Waals surface area contributed by atoms with Crippen LogP contribution in [-0.4, -0.2) is 42.4 Å². The monoisotopic (exact) mass is 490 g/mol. The van der Waals surface area contributed by atoms with Gasteiger partial charge in [0, 0.05) is 18.2 Å². The molecule has 1 atom stereocenters. The van der Waals surface area contributed by atoms with E-state index in [1.165, 1.54) is 16.0 Å². The van der Waals surface area contributed by atoms with Gasteiger partial charge in [0.15, 0.2) is 5.82 Å². The molecule has 0 saturated heterocycles. The van der Waals surface area contributed by atoms with E-state index in [0.29, 0.717) is 34.4 Å². The van der Waals surface area contributed by atoms with Gasteiger partial charge in [-0.2, -0.15) is 0 Å². The minimum absolute atomic E-state index is 0.401. The van der Waals surface area contributed by atoms with Crippen molar-refractivity contribution in [2.24, 2.45) is 7.05 Å². The molecule has 35 heavy (non-hydrogen) atoms. The standard InChI is InChI=1S/C24H22N6O4S/c1-14(15-6-4-3-5-7-15)34-23(33)25-19-18(26-29-30(19)2)16-8-10-17(11-9-16)20-27-28-21(35-20)24(12-13-24)22(31)32/h3-11,14H,12-13H2,1-2H3,(H,25,33)(H,31,32)/t14-/m1/s1. The zero-order valence-electron chi connectivity index (χ0n) is 19.0. The van der Waals surface area contributed by atoms with Gasteiger partial charge in [0.1, 0.15) is 27.2 Å². The minimum atomic E-state index is -0.872. The van der Waals surface area contributed by atoms with Gasteiger partial charge in [-0.3, -0.25) is 10.1 Å². The highest BCUT2D eigenvalue weighted by atomic mass is 32.1. The number of amides is 1. The summed E-state index contributed by atoms with van der Waals surface area (Å²) < 4.78 is 6.98. The molecule has 0 unspecified atom stereocenters. The number of aliphatic carboxylic acids is 1. The van der Waals surface area contributed by atoms with E-state index < -0.39 is 23.6 Å². The van der Waals surface area contributed by atoms with Crippen LogP contribution >= 0.6 is 11.3 Å². The number of nitrogens with zero attached hydrogens (tertiary/aromatic N) is 5. The maximum absolute atomic E-state index is 12.5. The number of anilines is 1. The molecule has 0 spiro atoms. The molecule has 2 N–H and O–H groups in total. The normalized spacial score (nSPS) is 14.8. The fraction of sp³-hybridized carbons (Fsp3) is 0.250. The molecule has 2 aromatic carbocycles. The zero-order valence-corrected chi connectivity index (χ0v) is 19.8. The molecule has 1 amide bonds. The molecule has 1 aliphatic rings. The van der Waals surface area contributed by atoms with E-state index in [9.17, 15) is 14.7 Å². The van der Waals surface area contributed by atoms with Crippen molar-refractivity contribution in [3.05, 3.63) is 65.2 Å². The first kappa shape index (κ1) is 22.7. The fourth-order valence-electron chi connectivity index (χ4n) is 3.72. The summed E-state index contributed by atoms with van der Waals surface area (Å²) in [5.41, 5.74) is 2.06. The van der Waals surface area contributed by atoms with E-state index in [1.807, 2.05) is 54.6 Å². The second kappa shape index (κ2) is 8.91. The van der Waals surface area contributed by atoms with Crippen molar-refractivity contribution < 1.29 is 19.4 Å². The topological polar surface area (TPSA) is 132 Å². The van der Waals surface area contributed by atoms with Crippen molar-refractivity contribution in [3.63, 3.8) is 0 Å². The second-order valence-electron chi connectivity index (χ2n) is 8.37. The Morgan fingerprint density at radius 3 is 2.40 bits per heavy atom. The van der Waals surface area contributed by atoms with Crippen LogP contribution in [0.3, 0.4) is 0 Å². The molecule has 11 heteroatoms. The number of benzene rings is 2. The lowest BCUT2D eigenvalue weighted by Crippen LogP contribution is -2.19. The van der Waals surface area contributed by atoms with Crippen LogP contribution in [0.15, 0.2) is 54.6 Å². The summed E-state index contributed by atoms with van der Waals surface area (Å²) in [5.74, 6) is -0.451. The van der Waals surface area contributed by atoms with Gasteiger partial charge < -0.3 is 9.84 Å². The Morgan fingerprint density at radius 1 is 1.06 bits per heavy atom. The molecular weight excluding hydrogens is 468 g/mol. The molecule has 0 bridgehead atoms. The van der Waals surface area contributed by atoms with E-state index in [4.69, 9.17) is 4.74 Å². The third-order valence-corrected chi connectivity index (χ3v) is 7.18. The highest BCUT2D eigenvalue weighted by molar-refractivity contribution is 7.15. The van der Waals surface area contributed by atoms with Crippen LogP contribution in [0.2, 0.25) is 0 Å². The number of carbonyl (C=O) groups is 2. The summed E-state index contributed by atoms with van der Waals surface area (Å²) in [6, 6.07) is 16.9. The average Bonchev–Trinajstić information content (AvgIpc) is 3.40. The van der Waals surface area contributed by atoms with Gasteiger partial charge in [-0.15, -0.1) is 15.3 Å². The van der Waals surface area contributed by atoms with Crippen LogP contribution in [0.4, 0.5) is 10.6 Å². The largest absolute Gasteiger partial charge is 0.481 e. The van der Waals surface area contributed by atoms with Crippen LogP contribution in [0, 0.1) is 0 Å². The van der Waals surface area contributed by atoms with Crippen LogP contribution < -0.4 is 5.32 Å². The number of aromatic nitrogens is 5. The van der Waals surface area contributed by atoms with Gasteiger partial charge in [-0.25, -0.2) is 9.48 Å². The Labute approximate surface area is 204 Å². The minimum Gasteiger partial charge on any atom is -0.481 e. The third kappa shape index (κ3) is 4.37. The number of carboxylic acid groups (broad SMARTS) is 1. The van der Waals surface area contributed by atoms with Crippen LogP contribution in [0.5, 0.6) is 0 Å². The predicted octanol–water partition coefficient (Wildman–Crippen LogP) is 4.43. The average molecular weight is 491 g/mol. The van der Waals surface area contributed by atoms with E-state index in [0.717, 1.165) is 16.7 Å². The first-order valence-corrected chi connectivity index (χ1v) is 11.8. The molecule has 178 valence electrons. The summed E-state index contributed by atoms with van der Waals surface area (Å²) in [6.07, 6.45) is 0.141. The molecule has 5 rings (SSSR count). The summed E-state index contributed by atoms with van der Waals surface area (Å²) >= 11 is 1.30. The number of aryl methyl sites for hydroxylation is 1. The summed E-state index contributed by atoms with van der Waals surface area (Å²) in [6.45, 7) is 1.80. The van der Waals surface area contributed by atoms with Gasteiger partial charge in [0.05, 0.1) is 0 Å². The predicted molar refractivity (Wildman–Crippen MR) is 129 cm³/mol. The quantitative estimate of drug-likeness (QED) is 0.389. The van der Waals surface area contributed by atoms with Gasteiger partial charge in [0.2, 0.25) is 0 Å². The number of rotatable bonds is 7. The lowest BCUT2D eigenvalue weighted by Gasteiger charge is -2.14. The Balaban J connectivity index is 1.31. The first-order valence-electron chi connectivity index (χ1n) is 11.0. The van der Waals surface area contributed by atoms with Crippen LogP contribution in [-0.2, 0) is 22.0 Å². The van der Waals surface area contributed by atoms with Crippen molar-refractivity contribution >= 4 is 29.2 Å². The van der Waals surface area contributed by atoms with Crippen molar-refractivity contribution in [1.82, 2.24) is 25.2 Å². The first-order chi connectivity index (χ1) is 16.9. The fourth-order valence-corrected chi connectivity index (χ4v) is 4.81. The Morgan fingerprint density at radius 2 is 1.74 bits per heavy atom. The third-order valence-electron chi connectivity index (χ3n) is 6.00. The van der Waals surface area contributed by atoms with Gasteiger partial charge in [0.25, 0.3) is 0 Å². The van der Waals surface area contributed by atoms with Crippen molar-refractivity contribution in [3.8, 4) is 21.8 Å². The molecule has 1 aliphatic carbocycles. The highest BCUT2D eigenvalue weighted by Crippen LogP contribution is 2.50. The number of carboxylic acids is 1. The summed E-state index contributed by atoms with van der Waals surface area (Å²) in [4.78, 5) is 24.1. The lowest BCUT2D eigenvalue weighted by molar-refractivity contribution is -0.140. The highest BCUT2D eigenvalue weighted by Gasteiger charge is 2.54. The number of ether oxygens (including phenoxy) is 1. The molecule has 0 radical (unpaired) electrons. The van der Waals surface area contributed by atoms with Crippen LogP contribution in [0.1, 0.15) is 36.4 Å². The molecular formula is C24H22N6O4S. The smallest absolute Gasteiger partial charge is 0.413 e. The van der Waals surface area contributed by atoms with Gasteiger partial charge in [-0.1, -0.05) is 71.1 Å². The molecule has 2 heterocycles. The summed E-state index contributed by atoms with van der Waals surface area (Å²) in [5, 5.41) is 30.0. The van der Waals surface area contributed by atoms with Crippen LogP contribution in [0.25, 0.3) is 21.8 Å². The van der Waals surface area contributed by atoms with E-state index in [2.05, 4.69) is 25.8 Å². The number of nitrogens with one attached hydrogen (secondary N) is 1. The number of hydrogen-bond acceptors (Lipinski definition) is 8. The number of carbonyl (C=O) groups excluding carboxylic acids is 1. The van der Waals surface area contributed by atoms with Crippen molar-refractivity contribution in [1.29, 1.82) is 0 Å². The number of hydrogen-bond donors (Lipinski definition) is 2. The van der Waals surface area contributed by atoms with Gasteiger partial charge in [-0.05, 0) is 25.3 Å². The van der Waals surface area contributed by atoms with Gasteiger partial charge >= 0.3 is 12.1 Å². The molecule has 1 fully saturated rings. The molecule has 0 aliphatic heterocycles. The van der Waals surface area contributed by atoms with Crippen molar-refractivity contribution in [2.75, 3.05) is 5.32 Å².